The number of benzene rings is 1. The second kappa shape index (κ2) is 2.80. The maximum atomic E-state index is 12.7. The molecule has 0 saturated carbocycles. The lowest BCUT2D eigenvalue weighted by atomic mass is 10.3. The minimum absolute atomic E-state index is 0.253. The molecule has 62 valence electrons. The van der Waals surface area contributed by atoms with E-state index in [1.54, 1.807) is 6.07 Å². The van der Waals surface area contributed by atoms with Crippen LogP contribution in [0.15, 0.2) is 18.2 Å². The molecule has 0 aliphatic heterocycles. The van der Waals surface area contributed by atoms with Gasteiger partial charge >= 0.3 is 0 Å². The molecule has 0 saturated heterocycles. The summed E-state index contributed by atoms with van der Waals surface area (Å²) in [4.78, 5) is 4.15. The first-order valence-corrected chi connectivity index (χ1v) is 4.36. The van der Waals surface area contributed by atoms with Crippen molar-refractivity contribution < 1.29 is 4.39 Å². The molecule has 0 unspecified atom stereocenters. The first-order chi connectivity index (χ1) is 5.79. The van der Waals surface area contributed by atoms with E-state index in [2.05, 4.69) is 4.98 Å². The summed E-state index contributed by atoms with van der Waals surface area (Å²) in [5, 5.41) is 0.843. The highest BCUT2D eigenvalue weighted by atomic mass is 32.1. The van der Waals surface area contributed by atoms with E-state index >= 15 is 0 Å². The van der Waals surface area contributed by atoms with Gasteiger partial charge in [-0.15, -0.1) is 11.3 Å². The summed E-state index contributed by atoms with van der Waals surface area (Å²) in [7, 11) is 0. The number of rotatable bonds is 1. The van der Waals surface area contributed by atoms with Crippen molar-refractivity contribution in [2.45, 2.75) is 6.54 Å². The monoisotopic (exact) mass is 182 g/mol. The smallest absolute Gasteiger partial charge is 0.125 e. The Bertz CT molecular complexity index is 410. The lowest BCUT2D eigenvalue weighted by molar-refractivity contribution is 0.629. The SMILES string of the molecule is NCc1nc2cc(F)ccc2s1. The normalized spacial score (nSPS) is 10.8. The summed E-state index contributed by atoms with van der Waals surface area (Å²) >= 11 is 1.50. The molecule has 0 bridgehead atoms. The molecule has 1 aromatic heterocycles. The Kier molecular flexibility index (Phi) is 1.78. The van der Waals surface area contributed by atoms with E-state index in [0.717, 1.165) is 9.71 Å². The van der Waals surface area contributed by atoms with Gasteiger partial charge in [0, 0.05) is 12.6 Å². The quantitative estimate of drug-likeness (QED) is 0.731. The molecule has 2 aromatic rings. The molecule has 0 fully saturated rings. The lowest BCUT2D eigenvalue weighted by Crippen LogP contribution is -1.93. The molecule has 0 atom stereocenters. The van der Waals surface area contributed by atoms with Crippen molar-refractivity contribution in [2.75, 3.05) is 0 Å². The number of hydrogen-bond acceptors (Lipinski definition) is 3. The summed E-state index contributed by atoms with van der Waals surface area (Å²) in [5.41, 5.74) is 6.10. The Labute approximate surface area is 72.8 Å². The average Bonchev–Trinajstić information content (AvgIpc) is 2.46. The van der Waals surface area contributed by atoms with E-state index in [-0.39, 0.29) is 5.82 Å². The van der Waals surface area contributed by atoms with Crippen LogP contribution >= 0.6 is 11.3 Å². The molecule has 2 rings (SSSR count). The van der Waals surface area contributed by atoms with Crippen LogP contribution in [0, 0.1) is 5.82 Å². The maximum Gasteiger partial charge on any atom is 0.125 e. The predicted octanol–water partition coefficient (Wildman–Crippen LogP) is 1.89. The van der Waals surface area contributed by atoms with Gasteiger partial charge in [0.1, 0.15) is 10.8 Å². The van der Waals surface area contributed by atoms with E-state index in [9.17, 15) is 4.39 Å². The van der Waals surface area contributed by atoms with Gasteiger partial charge in [-0.25, -0.2) is 9.37 Å². The van der Waals surface area contributed by atoms with Gasteiger partial charge in [0.05, 0.1) is 10.2 Å². The summed E-state index contributed by atoms with van der Waals surface area (Å²) in [6.07, 6.45) is 0. The first kappa shape index (κ1) is 7.64. The predicted molar refractivity (Wildman–Crippen MR) is 47.5 cm³/mol. The van der Waals surface area contributed by atoms with E-state index < -0.39 is 0 Å². The zero-order valence-corrected chi connectivity index (χ0v) is 7.07. The van der Waals surface area contributed by atoms with Crippen molar-refractivity contribution in [1.82, 2.24) is 4.98 Å². The van der Waals surface area contributed by atoms with Gasteiger partial charge in [0.2, 0.25) is 0 Å². The molecule has 1 aromatic carbocycles. The molecule has 2 nitrogen and oxygen atoms in total. The van der Waals surface area contributed by atoms with Crippen LogP contribution in [0.3, 0.4) is 0 Å². The average molecular weight is 182 g/mol. The molecule has 0 amide bonds. The molecule has 0 spiro atoms. The van der Waals surface area contributed by atoms with Crippen LogP contribution in [-0.2, 0) is 6.54 Å². The molecule has 0 aliphatic carbocycles. The van der Waals surface area contributed by atoms with Crippen molar-refractivity contribution in [3.8, 4) is 0 Å². The zero-order valence-electron chi connectivity index (χ0n) is 6.25. The number of halogens is 1. The van der Waals surface area contributed by atoms with Crippen LogP contribution in [0.25, 0.3) is 10.2 Å². The van der Waals surface area contributed by atoms with Crippen LogP contribution in [0.4, 0.5) is 4.39 Å². The van der Waals surface area contributed by atoms with Crippen LogP contribution < -0.4 is 5.73 Å². The number of fused-ring (bicyclic) bond motifs is 1. The number of aromatic nitrogens is 1. The number of thiazole rings is 1. The van der Waals surface area contributed by atoms with E-state index in [4.69, 9.17) is 5.73 Å². The van der Waals surface area contributed by atoms with Gasteiger partial charge < -0.3 is 5.73 Å². The van der Waals surface area contributed by atoms with Gasteiger partial charge in [-0.1, -0.05) is 0 Å². The minimum atomic E-state index is -0.253. The first-order valence-electron chi connectivity index (χ1n) is 3.54. The topological polar surface area (TPSA) is 38.9 Å². The Morgan fingerprint density at radius 3 is 3.08 bits per heavy atom. The van der Waals surface area contributed by atoms with Gasteiger partial charge in [0.15, 0.2) is 0 Å². The van der Waals surface area contributed by atoms with Gasteiger partial charge in [-0.3, -0.25) is 0 Å². The minimum Gasteiger partial charge on any atom is -0.325 e. The van der Waals surface area contributed by atoms with Crippen molar-refractivity contribution in [3.63, 3.8) is 0 Å². The number of hydrogen-bond donors (Lipinski definition) is 1. The largest absolute Gasteiger partial charge is 0.325 e. The summed E-state index contributed by atoms with van der Waals surface area (Å²) in [6, 6.07) is 4.58. The molecule has 4 heteroatoms. The molecule has 12 heavy (non-hydrogen) atoms. The van der Waals surface area contributed by atoms with Gasteiger partial charge in [0.25, 0.3) is 0 Å². The highest BCUT2D eigenvalue weighted by Gasteiger charge is 2.02. The van der Waals surface area contributed by atoms with Crippen molar-refractivity contribution in [2.24, 2.45) is 5.73 Å². The van der Waals surface area contributed by atoms with E-state index in [1.807, 2.05) is 0 Å². The van der Waals surface area contributed by atoms with Gasteiger partial charge in [-0.2, -0.15) is 0 Å². The Morgan fingerprint density at radius 2 is 2.33 bits per heavy atom. The van der Waals surface area contributed by atoms with Crippen molar-refractivity contribution in [1.29, 1.82) is 0 Å². The fraction of sp³-hybridized carbons (Fsp3) is 0.125. The van der Waals surface area contributed by atoms with E-state index in [1.165, 1.54) is 23.5 Å². The van der Waals surface area contributed by atoms with Crippen molar-refractivity contribution >= 4 is 21.6 Å². The van der Waals surface area contributed by atoms with Gasteiger partial charge in [-0.05, 0) is 12.1 Å². The summed E-state index contributed by atoms with van der Waals surface area (Å²) in [5.74, 6) is -0.253. The van der Waals surface area contributed by atoms with E-state index in [0.29, 0.717) is 12.1 Å². The zero-order chi connectivity index (χ0) is 8.55. The lowest BCUT2D eigenvalue weighted by Gasteiger charge is -1.85. The second-order valence-electron chi connectivity index (χ2n) is 2.42. The van der Waals surface area contributed by atoms with Crippen LogP contribution in [0.2, 0.25) is 0 Å². The Balaban J connectivity index is 2.67. The number of nitrogens with zero attached hydrogens (tertiary/aromatic N) is 1. The molecule has 1 heterocycles. The highest BCUT2D eigenvalue weighted by Crippen LogP contribution is 2.21. The third-order valence-electron chi connectivity index (χ3n) is 1.57. The molecule has 0 radical (unpaired) electrons. The summed E-state index contributed by atoms with van der Waals surface area (Å²) in [6.45, 7) is 0.418. The third-order valence-corrected chi connectivity index (χ3v) is 2.63. The highest BCUT2D eigenvalue weighted by molar-refractivity contribution is 7.18. The Morgan fingerprint density at radius 1 is 1.50 bits per heavy atom. The van der Waals surface area contributed by atoms with Crippen LogP contribution in [0.5, 0.6) is 0 Å². The fourth-order valence-electron chi connectivity index (χ4n) is 1.04. The van der Waals surface area contributed by atoms with Crippen molar-refractivity contribution in [3.05, 3.63) is 29.0 Å². The number of nitrogens with two attached hydrogens (primary N) is 1. The third kappa shape index (κ3) is 1.19. The van der Waals surface area contributed by atoms with Crippen LogP contribution in [-0.4, -0.2) is 4.98 Å². The fourth-order valence-corrected chi connectivity index (χ4v) is 1.86. The van der Waals surface area contributed by atoms with Crippen LogP contribution in [0.1, 0.15) is 5.01 Å². The molecule has 2 N–H and O–H groups in total. The summed E-state index contributed by atoms with van der Waals surface area (Å²) < 4.78 is 13.7. The molecular formula is C8H7FN2S. The molecular weight excluding hydrogens is 175 g/mol. The second-order valence-corrected chi connectivity index (χ2v) is 3.54. The maximum absolute atomic E-state index is 12.7. The standard InChI is InChI=1S/C8H7FN2S/c9-5-1-2-7-6(3-5)11-8(4-10)12-7/h1-3H,4,10H2. The molecule has 0 aliphatic rings. The Hall–Kier alpha value is -1.00.